The molecule has 3 nitrogen and oxygen atoms in total. The van der Waals surface area contributed by atoms with Crippen LogP contribution >= 0.6 is 11.3 Å². The number of nitrogens with zero attached hydrogens (tertiary/aromatic N) is 2. The van der Waals surface area contributed by atoms with Gasteiger partial charge in [-0.1, -0.05) is 30.3 Å². The van der Waals surface area contributed by atoms with Gasteiger partial charge in [0, 0.05) is 11.3 Å². The molecule has 3 aromatic rings. The number of aryl methyl sites for hydroxylation is 2. The Morgan fingerprint density at radius 2 is 1.86 bits per heavy atom. The predicted molar refractivity (Wildman–Crippen MR) is 87.7 cm³/mol. The van der Waals surface area contributed by atoms with Gasteiger partial charge in [0.1, 0.15) is 16.5 Å². The van der Waals surface area contributed by atoms with Crippen LogP contribution in [-0.4, -0.2) is 9.97 Å². The number of nitrogens with two attached hydrogens (primary N) is 1. The first kappa shape index (κ1) is 12.8. The highest BCUT2D eigenvalue weighted by Crippen LogP contribution is 2.37. The Hall–Kier alpha value is -1.94. The summed E-state index contributed by atoms with van der Waals surface area (Å²) in [6, 6.07) is 10.3. The molecule has 0 amide bonds. The summed E-state index contributed by atoms with van der Waals surface area (Å²) in [5, 5.41) is 1.12. The largest absolute Gasteiger partial charge is 0.383 e. The van der Waals surface area contributed by atoms with E-state index in [1.165, 1.54) is 35.3 Å². The zero-order valence-electron chi connectivity index (χ0n) is 11.8. The molecule has 0 bridgehead atoms. The fraction of sp³-hybridized carbons (Fsp3) is 0.294. The molecule has 21 heavy (non-hydrogen) atoms. The Bertz CT molecular complexity index is 793. The lowest BCUT2D eigenvalue weighted by Crippen LogP contribution is -2.03. The second-order valence-electron chi connectivity index (χ2n) is 5.58. The van der Waals surface area contributed by atoms with Crippen LogP contribution in [0, 0.1) is 0 Å². The molecular weight excluding hydrogens is 278 g/mol. The van der Waals surface area contributed by atoms with Crippen molar-refractivity contribution in [2.24, 2.45) is 0 Å². The summed E-state index contributed by atoms with van der Waals surface area (Å²) in [5.74, 6) is 1.48. The molecule has 0 aliphatic heterocycles. The van der Waals surface area contributed by atoms with Gasteiger partial charge in [-0.2, -0.15) is 0 Å². The molecule has 1 aliphatic rings. The molecule has 0 spiro atoms. The average Bonchev–Trinajstić information content (AvgIpc) is 2.87. The Kier molecular flexibility index (Phi) is 3.11. The van der Waals surface area contributed by atoms with Gasteiger partial charge in [0.25, 0.3) is 0 Å². The van der Waals surface area contributed by atoms with Crippen molar-refractivity contribution in [3.8, 4) is 0 Å². The van der Waals surface area contributed by atoms with Gasteiger partial charge in [0.05, 0.1) is 5.39 Å². The van der Waals surface area contributed by atoms with Crippen molar-refractivity contribution in [2.45, 2.75) is 32.1 Å². The maximum absolute atomic E-state index is 6.23. The lowest BCUT2D eigenvalue weighted by Gasteiger charge is -2.10. The zero-order valence-corrected chi connectivity index (χ0v) is 12.6. The minimum absolute atomic E-state index is 0.658. The summed E-state index contributed by atoms with van der Waals surface area (Å²) < 4.78 is 0. The molecule has 0 saturated heterocycles. The molecule has 0 fully saturated rings. The normalized spacial score (nSPS) is 14.3. The smallest absolute Gasteiger partial charge is 0.136 e. The van der Waals surface area contributed by atoms with Gasteiger partial charge in [0.2, 0.25) is 0 Å². The van der Waals surface area contributed by atoms with Crippen molar-refractivity contribution >= 4 is 27.4 Å². The van der Waals surface area contributed by atoms with Crippen LogP contribution in [0.2, 0.25) is 0 Å². The number of benzene rings is 1. The highest BCUT2D eigenvalue weighted by atomic mass is 32.1. The number of rotatable bonds is 2. The Morgan fingerprint density at radius 3 is 2.71 bits per heavy atom. The Morgan fingerprint density at radius 1 is 1.05 bits per heavy atom. The second kappa shape index (κ2) is 5.11. The van der Waals surface area contributed by atoms with Crippen molar-refractivity contribution < 1.29 is 0 Å². The lowest BCUT2D eigenvalue weighted by atomic mass is 9.97. The van der Waals surface area contributed by atoms with Crippen molar-refractivity contribution in [3.05, 3.63) is 52.2 Å². The van der Waals surface area contributed by atoms with E-state index < -0.39 is 0 Å². The number of fused-ring (bicyclic) bond motifs is 3. The van der Waals surface area contributed by atoms with Crippen molar-refractivity contribution in [1.82, 2.24) is 9.97 Å². The Balaban J connectivity index is 1.79. The lowest BCUT2D eigenvalue weighted by molar-refractivity contribution is 0.700. The van der Waals surface area contributed by atoms with Crippen LogP contribution in [0.5, 0.6) is 0 Å². The van der Waals surface area contributed by atoms with Crippen molar-refractivity contribution in [2.75, 3.05) is 5.73 Å². The van der Waals surface area contributed by atoms with Gasteiger partial charge in [-0.05, 0) is 36.8 Å². The fourth-order valence-corrected chi connectivity index (χ4v) is 4.38. The first-order chi connectivity index (χ1) is 10.3. The molecule has 2 aromatic heterocycles. The van der Waals surface area contributed by atoms with Gasteiger partial charge in [-0.3, -0.25) is 0 Å². The summed E-state index contributed by atoms with van der Waals surface area (Å²) in [6.45, 7) is 0. The van der Waals surface area contributed by atoms with Crippen molar-refractivity contribution in [1.29, 1.82) is 0 Å². The number of aromatic nitrogens is 2. The SMILES string of the molecule is Nc1nc(Cc2ccccc2)nc2sc3c(c12)CCCC3. The van der Waals surface area contributed by atoms with E-state index in [1.807, 2.05) is 29.5 Å². The molecule has 0 unspecified atom stereocenters. The molecule has 106 valence electrons. The van der Waals surface area contributed by atoms with Gasteiger partial charge >= 0.3 is 0 Å². The van der Waals surface area contributed by atoms with Gasteiger partial charge in [-0.25, -0.2) is 9.97 Å². The summed E-state index contributed by atoms with van der Waals surface area (Å²) >= 11 is 1.81. The number of thiophene rings is 1. The van der Waals surface area contributed by atoms with Gasteiger partial charge in [0.15, 0.2) is 0 Å². The van der Waals surface area contributed by atoms with E-state index in [9.17, 15) is 0 Å². The van der Waals surface area contributed by atoms with E-state index >= 15 is 0 Å². The van der Waals surface area contributed by atoms with Crippen LogP contribution in [0.4, 0.5) is 5.82 Å². The molecule has 0 saturated carbocycles. The molecule has 4 rings (SSSR count). The molecule has 1 aromatic carbocycles. The first-order valence-corrected chi connectivity index (χ1v) is 8.23. The highest BCUT2D eigenvalue weighted by Gasteiger charge is 2.19. The summed E-state index contributed by atoms with van der Waals surface area (Å²) in [4.78, 5) is 11.9. The average molecular weight is 295 g/mol. The number of nitrogen functional groups attached to an aromatic ring is 1. The van der Waals surface area contributed by atoms with Crippen LogP contribution < -0.4 is 5.73 Å². The van der Waals surface area contributed by atoms with Crippen LogP contribution in [0.15, 0.2) is 30.3 Å². The summed E-state index contributed by atoms with van der Waals surface area (Å²) in [6.07, 6.45) is 5.57. The Labute approximate surface area is 127 Å². The third-order valence-electron chi connectivity index (χ3n) is 4.09. The molecule has 2 heterocycles. The second-order valence-corrected chi connectivity index (χ2v) is 6.66. The highest BCUT2D eigenvalue weighted by molar-refractivity contribution is 7.19. The molecule has 4 heteroatoms. The molecule has 0 atom stereocenters. The van der Waals surface area contributed by atoms with Crippen LogP contribution in [-0.2, 0) is 19.3 Å². The van der Waals surface area contributed by atoms with Crippen LogP contribution in [0.1, 0.15) is 34.7 Å². The fourth-order valence-electron chi connectivity index (χ4n) is 3.09. The molecular formula is C17H17N3S. The molecule has 2 N–H and O–H groups in total. The molecule has 1 aliphatic carbocycles. The van der Waals surface area contributed by atoms with Crippen LogP contribution in [0.3, 0.4) is 0 Å². The van der Waals surface area contributed by atoms with E-state index in [-0.39, 0.29) is 0 Å². The number of hydrogen-bond donors (Lipinski definition) is 1. The quantitative estimate of drug-likeness (QED) is 0.783. The van der Waals surface area contributed by atoms with Gasteiger partial charge < -0.3 is 5.73 Å². The molecule has 0 radical (unpaired) electrons. The number of hydrogen-bond acceptors (Lipinski definition) is 4. The zero-order chi connectivity index (χ0) is 14.2. The van der Waals surface area contributed by atoms with E-state index in [0.29, 0.717) is 5.82 Å². The monoisotopic (exact) mass is 295 g/mol. The maximum Gasteiger partial charge on any atom is 0.136 e. The van der Waals surface area contributed by atoms with Gasteiger partial charge in [-0.15, -0.1) is 11.3 Å². The predicted octanol–water partition coefficient (Wildman–Crippen LogP) is 3.74. The van der Waals surface area contributed by atoms with Crippen molar-refractivity contribution in [3.63, 3.8) is 0 Å². The third-order valence-corrected chi connectivity index (χ3v) is 5.28. The van der Waals surface area contributed by atoms with Crippen LogP contribution in [0.25, 0.3) is 10.2 Å². The van der Waals surface area contributed by atoms with E-state index in [0.717, 1.165) is 28.9 Å². The van der Waals surface area contributed by atoms with E-state index in [4.69, 9.17) is 10.7 Å². The summed E-state index contributed by atoms with van der Waals surface area (Å²) in [5.41, 5.74) is 8.86. The minimum Gasteiger partial charge on any atom is -0.383 e. The number of anilines is 1. The third kappa shape index (κ3) is 2.29. The standard InChI is InChI=1S/C17H17N3S/c18-16-15-12-8-4-5-9-13(12)21-17(15)20-14(19-16)10-11-6-2-1-3-7-11/h1-3,6-7H,4-5,8-10H2,(H2,18,19,20). The summed E-state index contributed by atoms with van der Waals surface area (Å²) in [7, 11) is 0. The topological polar surface area (TPSA) is 51.8 Å². The minimum atomic E-state index is 0.658. The first-order valence-electron chi connectivity index (χ1n) is 7.42. The van der Waals surface area contributed by atoms with E-state index in [1.54, 1.807) is 0 Å². The van der Waals surface area contributed by atoms with E-state index in [2.05, 4.69) is 17.1 Å². The maximum atomic E-state index is 6.23.